The third-order valence-corrected chi connectivity index (χ3v) is 4.21. The van der Waals surface area contributed by atoms with Crippen LogP contribution in [-0.4, -0.2) is 18.2 Å². The van der Waals surface area contributed by atoms with Crippen LogP contribution in [0.4, 0.5) is 5.69 Å². The van der Waals surface area contributed by atoms with Crippen molar-refractivity contribution in [2.45, 2.75) is 39.7 Å². The number of halogens is 1. The lowest BCUT2D eigenvalue weighted by Crippen LogP contribution is -2.37. The Morgan fingerprint density at radius 1 is 1.28 bits per heavy atom. The Balaban J connectivity index is 2.15. The standard InChI is InChI=1S/C15H22ClNO/c1-11(18)12-4-5-14(13(16)10-12)17-8-6-15(2,3)7-9-17/h4-5,10-11,18H,6-9H2,1-3H3/t11-/m1/s1. The Hall–Kier alpha value is -0.730. The molecule has 0 spiro atoms. The molecular formula is C15H22ClNO. The molecule has 1 aromatic carbocycles. The van der Waals surface area contributed by atoms with Crippen molar-refractivity contribution in [3.8, 4) is 0 Å². The molecule has 2 rings (SSSR count). The molecule has 1 aliphatic rings. The SMILES string of the molecule is C[C@@H](O)c1ccc(N2CCC(C)(C)CC2)c(Cl)c1. The first-order valence-electron chi connectivity index (χ1n) is 6.61. The summed E-state index contributed by atoms with van der Waals surface area (Å²) in [5.74, 6) is 0. The zero-order valence-electron chi connectivity index (χ0n) is 11.4. The summed E-state index contributed by atoms with van der Waals surface area (Å²) in [5.41, 5.74) is 2.42. The highest BCUT2D eigenvalue weighted by molar-refractivity contribution is 6.33. The normalized spacial score (nSPS) is 20.8. The van der Waals surface area contributed by atoms with Gasteiger partial charge in [-0.3, -0.25) is 0 Å². The molecule has 100 valence electrons. The largest absolute Gasteiger partial charge is 0.389 e. The lowest BCUT2D eigenvalue weighted by molar-refractivity contribution is 0.199. The molecular weight excluding hydrogens is 246 g/mol. The molecule has 2 nitrogen and oxygen atoms in total. The topological polar surface area (TPSA) is 23.5 Å². The minimum Gasteiger partial charge on any atom is -0.389 e. The molecule has 1 aromatic rings. The fraction of sp³-hybridized carbons (Fsp3) is 0.600. The van der Waals surface area contributed by atoms with Gasteiger partial charge in [-0.25, -0.2) is 0 Å². The average Bonchev–Trinajstić information content (AvgIpc) is 2.29. The van der Waals surface area contributed by atoms with E-state index in [1.54, 1.807) is 6.92 Å². The smallest absolute Gasteiger partial charge is 0.0762 e. The van der Waals surface area contributed by atoms with E-state index < -0.39 is 6.10 Å². The van der Waals surface area contributed by atoms with Crippen LogP contribution in [0.1, 0.15) is 45.3 Å². The van der Waals surface area contributed by atoms with E-state index in [0.29, 0.717) is 5.41 Å². The van der Waals surface area contributed by atoms with Crippen molar-refractivity contribution in [3.63, 3.8) is 0 Å². The second kappa shape index (κ2) is 5.10. The van der Waals surface area contributed by atoms with Crippen molar-refractivity contribution in [1.29, 1.82) is 0 Å². The summed E-state index contributed by atoms with van der Waals surface area (Å²) in [5, 5.41) is 10.3. The highest BCUT2D eigenvalue weighted by atomic mass is 35.5. The number of anilines is 1. The highest BCUT2D eigenvalue weighted by Crippen LogP contribution is 2.35. The maximum atomic E-state index is 9.55. The van der Waals surface area contributed by atoms with E-state index in [2.05, 4.69) is 18.7 Å². The molecule has 1 aliphatic heterocycles. The van der Waals surface area contributed by atoms with Crippen LogP contribution in [0.5, 0.6) is 0 Å². The summed E-state index contributed by atoms with van der Waals surface area (Å²) < 4.78 is 0. The predicted molar refractivity (Wildman–Crippen MR) is 77.3 cm³/mol. The number of hydrogen-bond acceptors (Lipinski definition) is 2. The molecule has 3 heteroatoms. The molecule has 0 saturated carbocycles. The van der Waals surface area contributed by atoms with Crippen molar-refractivity contribution in [3.05, 3.63) is 28.8 Å². The molecule has 0 aromatic heterocycles. The Labute approximate surface area is 115 Å². The Bertz CT molecular complexity index is 419. The molecule has 1 fully saturated rings. The summed E-state index contributed by atoms with van der Waals surface area (Å²) in [6.07, 6.45) is 1.93. The Morgan fingerprint density at radius 3 is 2.39 bits per heavy atom. The highest BCUT2D eigenvalue weighted by Gasteiger charge is 2.26. The van der Waals surface area contributed by atoms with E-state index in [0.717, 1.165) is 29.4 Å². The van der Waals surface area contributed by atoms with Gasteiger partial charge in [0.05, 0.1) is 16.8 Å². The minimum atomic E-state index is -0.461. The van der Waals surface area contributed by atoms with E-state index in [1.165, 1.54) is 12.8 Å². The monoisotopic (exact) mass is 267 g/mol. The Morgan fingerprint density at radius 2 is 1.89 bits per heavy atom. The maximum Gasteiger partial charge on any atom is 0.0762 e. The molecule has 0 bridgehead atoms. The lowest BCUT2D eigenvalue weighted by atomic mass is 9.82. The Kier molecular flexibility index (Phi) is 3.88. The van der Waals surface area contributed by atoms with Crippen molar-refractivity contribution in [1.82, 2.24) is 0 Å². The van der Waals surface area contributed by atoms with E-state index in [1.807, 2.05) is 18.2 Å². The van der Waals surface area contributed by atoms with Crippen LogP contribution in [0.25, 0.3) is 0 Å². The number of aliphatic hydroxyl groups is 1. The molecule has 0 unspecified atom stereocenters. The number of piperidine rings is 1. The number of aliphatic hydroxyl groups excluding tert-OH is 1. The van der Waals surface area contributed by atoms with E-state index in [-0.39, 0.29) is 0 Å². The first-order chi connectivity index (χ1) is 8.39. The van der Waals surface area contributed by atoms with Crippen LogP contribution in [0.2, 0.25) is 5.02 Å². The van der Waals surface area contributed by atoms with Crippen LogP contribution in [0.15, 0.2) is 18.2 Å². The van der Waals surface area contributed by atoms with Crippen molar-refractivity contribution in [2.75, 3.05) is 18.0 Å². The van der Waals surface area contributed by atoms with Gasteiger partial charge in [0, 0.05) is 13.1 Å². The number of hydrogen-bond donors (Lipinski definition) is 1. The summed E-state index contributed by atoms with van der Waals surface area (Å²) >= 11 is 6.33. The second-order valence-electron chi connectivity index (χ2n) is 6.04. The van der Waals surface area contributed by atoms with Crippen LogP contribution >= 0.6 is 11.6 Å². The first kappa shape index (κ1) is 13.7. The molecule has 0 radical (unpaired) electrons. The van der Waals surface area contributed by atoms with Crippen LogP contribution in [-0.2, 0) is 0 Å². The second-order valence-corrected chi connectivity index (χ2v) is 6.45. The maximum absolute atomic E-state index is 9.55. The molecule has 0 aliphatic carbocycles. The van der Waals surface area contributed by atoms with Gasteiger partial charge >= 0.3 is 0 Å². The van der Waals surface area contributed by atoms with Gasteiger partial charge in [0.25, 0.3) is 0 Å². The van der Waals surface area contributed by atoms with E-state index in [9.17, 15) is 5.11 Å². The van der Waals surface area contributed by atoms with Gasteiger partial charge < -0.3 is 10.0 Å². The molecule has 1 heterocycles. The lowest BCUT2D eigenvalue weighted by Gasteiger charge is -2.38. The van der Waals surface area contributed by atoms with Gasteiger partial charge in [0.1, 0.15) is 0 Å². The molecule has 18 heavy (non-hydrogen) atoms. The van der Waals surface area contributed by atoms with Gasteiger partial charge in [-0.2, -0.15) is 0 Å². The number of rotatable bonds is 2. The van der Waals surface area contributed by atoms with Gasteiger partial charge in [-0.05, 0) is 42.9 Å². The number of nitrogens with zero attached hydrogens (tertiary/aromatic N) is 1. The van der Waals surface area contributed by atoms with Gasteiger partial charge in [-0.15, -0.1) is 0 Å². The summed E-state index contributed by atoms with van der Waals surface area (Å²) in [7, 11) is 0. The van der Waals surface area contributed by atoms with E-state index >= 15 is 0 Å². The fourth-order valence-corrected chi connectivity index (χ4v) is 2.70. The molecule has 1 N–H and O–H groups in total. The van der Waals surface area contributed by atoms with Crippen LogP contribution in [0.3, 0.4) is 0 Å². The summed E-state index contributed by atoms with van der Waals surface area (Å²) in [4.78, 5) is 2.35. The minimum absolute atomic E-state index is 0.447. The first-order valence-corrected chi connectivity index (χ1v) is 6.99. The van der Waals surface area contributed by atoms with E-state index in [4.69, 9.17) is 11.6 Å². The zero-order chi connectivity index (χ0) is 13.3. The third kappa shape index (κ3) is 2.99. The predicted octanol–water partition coefficient (Wildman–Crippen LogP) is 4.02. The third-order valence-electron chi connectivity index (χ3n) is 3.91. The molecule has 0 amide bonds. The average molecular weight is 268 g/mol. The number of benzene rings is 1. The quantitative estimate of drug-likeness (QED) is 0.875. The van der Waals surface area contributed by atoms with Gasteiger partial charge in [0.15, 0.2) is 0 Å². The van der Waals surface area contributed by atoms with Crippen LogP contribution < -0.4 is 4.90 Å². The van der Waals surface area contributed by atoms with Gasteiger partial charge in [0.2, 0.25) is 0 Å². The summed E-state index contributed by atoms with van der Waals surface area (Å²) in [6.45, 7) is 8.52. The fourth-order valence-electron chi connectivity index (χ4n) is 2.39. The zero-order valence-corrected chi connectivity index (χ0v) is 12.2. The van der Waals surface area contributed by atoms with Crippen molar-refractivity contribution >= 4 is 17.3 Å². The van der Waals surface area contributed by atoms with Crippen molar-refractivity contribution in [2.24, 2.45) is 5.41 Å². The molecule has 1 saturated heterocycles. The van der Waals surface area contributed by atoms with Crippen LogP contribution in [0, 0.1) is 5.41 Å². The molecule has 1 atom stereocenters. The van der Waals surface area contributed by atoms with Gasteiger partial charge in [-0.1, -0.05) is 31.5 Å². The van der Waals surface area contributed by atoms with Crippen molar-refractivity contribution < 1.29 is 5.11 Å². The summed E-state index contributed by atoms with van der Waals surface area (Å²) in [6, 6.07) is 5.87.